The highest BCUT2D eigenvalue weighted by molar-refractivity contribution is 5.96. The molecule has 6 nitrogen and oxygen atoms in total. The van der Waals surface area contributed by atoms with E-state index in [4.69, 9.17) is 16.2 Å². The Morgan fingerprint density at radius 1 is 1.47 bits per heavy atom. The van der Waals surface area contributed by atoms with Gasteiger partial charge in [0.25, 0.3) is 0 Å². The second-order valence-corrected chi connectivity index (χ2v) is 3.45. The summed E-state index contributed by atoms with van der Waals surface area (Å²) < 4.78 is 0. The molecule has 0 aromatic heterocycles. The van der Waals surface area contributed by atoms with Gasteiger partial charge in [-0.1, -0.05) is 0 Å². The quantitative estimate of drug-likeness (QED) is 0.323. The van der Waals surface area contributed by atoms with Crippen LogP contribution < -0.4 is 11.1 Å². The molecular formula is C11H13N3O3. The first-order valence-corrected chi connectivity index (χ1v) is 4.90. The van der Waals surface area contributed by atoms with Gasteiger partial charge in [0.1, 0.15) is 18.2 Å². The van der Waals surface area contributed by atoms with Crippen LogP contribution in [0.25, 0.3) is 0 Å². The maximum absolute atomic E-state index is 11.3. The van der Waals surface area contributed by atoms with Crippen molar-refractivity contribution in [1.29, 1.82) is 5.41 Å². The van der Waals surface area contributed by atoms with Gasteiger partial charge in [-0.05, 0) is 24.3 Å². The SMILES string of the molecule is N=C(N)c1ccc(NC(=O)CC(O)C=O)cc1. The van der Waals surface area contributed by atoms with Crippen molar-refractivity contribution >= 4 is 23.7 Å². The summed E-state index contributed by atoms with van der Waals surface area (Å²) in [7, 11) is 0. The van der Waals surface area contributed by atoms with Crippen LogP contribution in [0.15, 0.2) is 24.3 Å². The Balaban J connectivity index is 2.60. The summed E-state index contributed by atoms with van der Waals surface area (Å²) in [6.07, 6.45) is -1.26. The van der Waals surface area contributed by atoms with Gasteiger partial charge < -0.3 is 21.0 Å². The second kappa shape index (κ2) is 5.76. The summed E-state index contributed by atoms with van der Waals surface area (Å²) >= 11 is 0. The molecule has 0 saturated heterocycles. The van der Waals surface area contributed by atoms with E-state index in [2.05, 4.69) is 5.32 Å². The van der Waals surface area contributed by atoms with Gasteiger partial charge in [-0.3, -0.25) is 10.2 Å². The zero-order valence-corrected chi connectivity index (χ0v) is 9.01. The fourth-order valence-corrected chi connectivity index (χ4v) is 1.18. The largest absolute Gasteiger partial charge is 0.385 e. The highest BCUT2D eigenvalue weighted by atomic mass is 16.3. The summed E-state index contributed by atoms with van der Waals surface area (Å²) in [6.45, 7) is 0. The first kappa shape index (κ1) is 12.9. The van der Waals surface area contributed by atoms with Crippen molar-refractivity contribution in [3.05, 3.63) is 29.8 Å². The van der Waals surface area contributed by atoms with Gasteiger partial charge in [0, 0.05) is 11.3 Å². The van der Waals surface area contributed by atoms with Gasteiger partial charge >= 0.3 is 0 Å². The number of nitrogens with two attached hydrogens (primary N) is 1. The normalized spacial score (nSPS) is 11.6. The molecule has 0 bridgehead atoms. The Morgan fingerprint density at radius 3 is 2.53 bits per heavy atom. The van der Waals surface area contributed by atoms with Crippen LogP contribution in [0.2, 0.25) is 0 Å². The number of carbonyl (C=O) groups is 2. The van der Waals surface area contributed by atoms with Gasteiger partial charge in [-0.2, -0.15) is 0 Å². The third-order valence-corrected chi connectivity index (χ3v) is 2.03. The lowest BCUT2D eigenvalue weighted by Crippen LogP contribution is -2.20. The Hall–Kier alpha value is -2.21. The van der Waals surface area contributed by atoms with E-state index in [0.717, 1.165) is 0 Å². The molecule has 1 rings (SSSR count). The van der Waals surface area contributed by atoms with Crippen molar-refractivity contribution in [1.82, 2.24) is 0 Å². The summed E-state index contributed by atoms with van der Waals surface area (Å²) in [5, 5.41) is 18.6. The van der Waals surface area contributed by atoms with Gasteiger partial charge in [0.2, 0.25) is 5.91 Å². The van der Waals surface area contributed by atoms with Crippen molar-refractivity contribution in [3.63, 3.8) is 0 Å². The van der Waals surface area contributed by atoms with E-state index in [1.54, 1.807) is 24.3 Å². The third kappa shape index (κ3) is 4.04. The Morgan fingerprint density at radius 2 is 2.06 bits per heavy atom. The lowest BCUT2D eigenvalue weighted by atomic mass is 10.2. The minimum atomic E-state index is -1.29. The molecule has 1 amide bonds. The van der Waals surface area contributed by atoms with Crippen LogP contribution in [-0.4, -0.2) is 29.2 Å². The summed E-state index contributed by atoms with van der Waals surface area (Å²) in [5.74, 6) is -0.514. The molecular weight excluding hydrogens is 222 g/mol. The maximum Gasteiger partial charge on any atom is 0.227 e. The number of hydrogen-bond acceptors (Lipinski definition) is 4. The minimum absolute atomic E-state index is 0.0562. The van der Waals surface area contributed by atoms with Crippen LogP contribution in [0, 0.1) is 5.41 Å². The van der Waals surface area contributed by atoms with Crippen molar-refractivity contribution in [2.75, 3.05) is 5.32 Å². The molecule has 17 heavy (non-hydrogen) atoms. The number of aliphatic hydroxyl groups excluding tert-OH is 1. The zero-order chi connectivity index (χ0) is 12.8. The fraction of sp³-hybridized carbons (Fsp3) is 0.182. The average molecular weight is 235 g/mol. The summed E-state index contributed by atoms with van der Waals surface area (Å²) in [6, 6.07) is 6.35. The van der Waals surface area contributed by atoms with Crippen LogP contribution >= 0.6 is 0 Å². The van der Waals surface area contributed by atoms with Crippen LogP contribution in [0.1, 0.15) is 12.0 Å². The first-order chi connectivity index (χ1) is 8.02. The number of benzene rings is 1. The molecule has 0 aliphatic heterocycles. The summed E-state index contributed by atoms with van der Waals surface area (Å²) in [4.78, 5) is 21.4. The predicted octanol–water partition coefficient (Wildman–Crippen LogP) is -0.141. The number of aliphatic hydroxyl groups is 1. The van der Waals surface area contributed by atoms with Gasteiger partial charge in [-0.15, -0.1) is 0 Å². The fourth-order valence-electron chi connectivity index (χ4n) is 1.18. The molecule has 0 aliphatic carbocycles. The monoisotopic (exact) mass is 235 g/mol. The third-order valence-electron chi connectivity index (χ3n) is 2.03. The number of anilines is 1. The Kier molecular flexibility index (Phi) is 4.36. The zero-order valence-electron chi connectivity index (χ0n) is 9.01. The lowest BCUT2D eigenvalue weighted by molar-refractivity contribution is -0.123. The predicted molar refractivity (Wildman–Crippen MR) is 62.8 cm³/mol. The molecule has 1 aromatic carbocycles. The van der Waals surface area contributed by atoms with Crippen molar-refractivity contribution in [3.8, 4) is 0 Å². The van der Waals surface area contributed by atoms with Gasteiger partial charge in [-0.25, -0.2) is 0 Å². The molecule has 1 unspecified atom stereocenters. The molecule has 0 aliphatic rings. The molecule has 5 N–H and O–H groups in total. The van der Waals surface area contributed by atoms with Crippen LogP contribution in [0.5, 0.6) is 0 Å². The second-order valence-electron chi connectivity index (χ2n) is 3.45. The minimum Gasteiger partial charge on any atom is -0.385 e. The Labute approximate surface area is 97.9 Å². The average Bonchev–Trinajstić information content (AvgIpc) is 2.29. The van der Waals surface area contributed by atoms with Crippen molar-refractivity contribution in [2.45, 2.75) is 12.5 Å². The van der Waals surface area contributed by atoms with Gasteiger partial charge in [0.05, 0.1) is 6.42 Å². The molecule has 0 fully saturated rings. The molecule has 0 heterocycles. The topological polar surface area (TPSA) is 116 Å². The Bertz CT molecular complexity index is 428. The molecule has 1 atom stereocenters. The standard InChI is InChI=1S/C11H13N3O3/c12-11(13)7-1-3-8(4-2-7)14-10(17)5-9(16)6-15/h1-4,6,9,16H,5H2,(H3,12,13)(H,14,17). The van der Waals surface area contributed by atoms with E-state index in [1.807, 2.05) is 0 Å². The molecule has 90 valence electrons. The number of amidine groups is 1. The number of nitrogens with one attached hydrogen (secondary N) is 2. The van der Waals surface area contributed by atoms with Gasteiger partial charge in [0.15, 0.2) is 0 Å². The van der Waals surface area contributed by atoms with E-state index in [-0.39, 0.29) is 12.3 Å². The number of aldehydes is 1. The number of rotatable bonds is 5. The highest BCUT2D eigenvalue weighted by Crippen LogP contribution is 2.09. The molecule has 1 aromatic rings. The smallest absolute Gasteiger partial charge is 0.227 e. The number of hydrogen-bond donors (Lipinski definition) is 4. The summed E-state index contributed by atoms with van der Waals surface area (Å²) in [5.41, 5.74) is 6.34. The van der Waals surface area contributed by atoms with Crippen molar-refractivity contribution in [2.24, 2.45) is 5.73 Å². The molecule has 6 heteroatoms. The van der Waals surface area contributed by atoms with E-state index in [9.17, 15) is 9.59 Å². The number of carbonyl (C=O) groups excluding carboxylic acids is 2. The van der Waals surface area contributed by atoms with E-state index < -0.39 is 12.0 Å². The number of nitrogen functional groups attached to an aromatic ring is 1. The molecule has 0 spiro atoms. The van der Waals surface area contributed by atoms with Crippen LogP contribution in [0.3, 0.4) is 0 Å². The first-order valence-electron chi connectivity index (χ1n) is 4.90. The van der Waals surface area contributed by atoms with E-state index >= 15 is 0 Å². The lowest BCUT2D eigenvalue weighted by Gasteiger charge is -2.06. The number of amides is 1. The van der Waals surface area contributed by atoms with Crippen molar-refractivity contribution < 1.29 is 14.7 Å². The highest BCUT2D eigenvalue weighted by Gasteiger charge is 2.09. The maximum atomic E-state index is 11.3. The van der Waals surface area contributed by atoms with Crippen LogP contribution in [-0.2, 0) is 9.59 Å². The van der Waals surface area contributed by atoms with Crippen LogP contribution in [0.4, 0.5) is 5.69 Å². The van der Waals surface area contributed by atoms with E-state index in [1.165, 1.54) is 0 Å². The molecule has 0 saturated carbocycles. The van der Waals surface area contributed by atoms with E-state index in [0.29, 0.717) is 17.5 Å². The molecule has 0 radical (unpaired) electrons.